The number of aromatic nitrogens is 2. The summed E-state index contributed by atoms with van der Waals surface area (Å²) >= 11 is 5.99. The molecule has 0 aliphatic heterocycles. The number of hydrogen-bond acceptors (Lipinski definition) is 6. The minimum Gasteiger partial charge on any atom is -0.484 e. The lowest BCUT2D eigenvalue weighted by Crippen LogP contribution is -2.25. The SMILES string of the molecule is O=C(NCCCn1nc(C(F)(F)F)cc1C1CC1)c1ccc(COc2cc([N+](=O)[O-])ccc2Cl)o1. The van der Waals surface area contributed by atoms with Crippen molar-refractivity contribution in [3.63, 3.8) is 0 Å². The van der Waals surface area contributed by atoms with Crippen LogP contribution < -0.4 is 10.1 Å². The van der Waals surface area contributed by atoms with Crippen molar-refractivity contribution in [1.82, 2.24) is 15.1 Å². The van der Waals surface area contributed by atoms with E-state index < -0.39 is 22.7 Å². The number of halogens is 4. The number of nitro groups is 1. The average Bonchev–Trinajstić information content (AvgIpc) is 3.36. The monoisotopic (exact) mass is 512 g/mol. The fourth-order valence-corrected chi connectivity index (χ4v) is 3.59. The van der Waals surface area contributed by atoms with Crippen LogP contribution in [0.1, 0.15) is 52.9 Å². The molecule has 186 valence electrons. The number of alkyl halides is 3. The lowest BCUT2D eigenvalue weighted by Gasteiger charge is -2.08. The van der Waals surface area contributed by atoms with E-state index in [1.54, 1.807) is 0 Å². The first-order valence-electron chi connectivity index (χ1n) is 10.7. The van der Waals surface area contributed by atoms with Crippen molar-refractivity contribution >= 4 is 23.2 Å². The van der Waals surface area contributed by atoms with Gasteiger partial charge in [0.1, 0.15) is 18.1 Å². The molecule has 1 aliphatic carbocycles. The number of benzene rings is 1. The molecule has 4 rings (SSSR count). The summed E-state index contributed by atoms with van der Waals surface area (Å²) in [6, 6.07) is 7.84. The Hall–Kier alpha value is -3.54. The van der Waals surface area contributed by atoms with Crippen molar-refractivity contribution in [2.75, 3.05) is 6.54 Å². The molecule has 0 unspecified atom stereocenters. The number of amides is 1. The Morgan fingerprint density at radius 2 is 2.06 bits per heavy atom. The number of ether oxygens (including phenoxy) is 1. The quantitative estimate of drug-likeness (QED) is 0.223. The highest BCUT2D eigenvalue weighted by molar-refractivity contribution is 6.32. The fraction of sp³-hybridized carbons (Fsp3) is 0.364. The lowest BCUT2D eigenvalue weighted by atomic mass is 10.2. The Morgan fingerprint density at radius 1 is 1.29 bits per heavy atom. The van der Waals surface area contributed by atoms with E-state index in [-0.39, 0.29) is 47.8 Å². The van der Waals surface area contributed by atoms with Gasteiger partial charge in [-0.2, -0.15) is 18.3 Å². The van der Waals surface area contributed by atoms with Gasteiger partial charge in [0.2, 0.25) is 0 Å². The molecule has 9 nitrogen and oxygen atoms in total. The van der Waals surface area contributed by atoms with Crippen LogP contribution in [0.15, 0.2) is 40.8 Å². The Labute approximate surface area is 202 Å². The largest absolute Gasteiger partial charge is 0.484 e. The zero-order chi connectivity index (χ0) is 25.2. The molecule has 1 aromatic carbocycles. The summed E-state index contributed by atoms with van der Waals surface area (Å²) in [6.45, 7) is 0.336. The highest BCUT2D eigenvalue weighted by atomic mass is 35.5. The Morgan fingerprint density at radius 3 is 2.74 bits per heavy atom. The molecule has 1 N–H and O–H groups in total. The summed E-state index contributed by atoms with van der Waals surface area (Å²) in [5, 5.41) is 17.4. The van der Waals surface area contributed by atoms with Gasteiger partial charge in [-0.15, -0.1) is 0 Å². The van der Waals surface area contributed by atoms with E-state index >= 15 is 0 Å². The van der Waals surface area contributed by atoms with Crippen molar-refractivity contribution in [3.05, 3.63) is 74.4 Å². The van der Waals surface area contributed by atoms with Gasteiger partial charge < -0.3 is 14.5 Å². The van der Waals surface area contributed by atoms with Crippen LogP contribution in [0.5, 0.6) is 5.75 Å². The average molecular weight is 513 g/mol. The molecule has 2 aromatic heterocycles. The number of nitro benzene ring substituents is 1. The van der Waals surface area contributed by atoms with Gasteiger partial charge in [-0.3, -0.25) is 19.6 Å². The second-order valence-electron chi connectivity index (χ2n) is 7.99. The lowest BCUT2D eigenvalue weighted by molar-refractivity contribution is -0.384. The third-order valence-electron chi connectivity index (χ3n) is 5.31. The van der Waals surface area contributed by atoms with Gasteiger partial charge in [-0.05, 0) is 43.5 Å². The molecule has 13 heteroatoms. The molecule has 3 aromatic rings. The van der Waals surface area contributed by atoms with Crippen LogP contribution in [0.3, 0.4) is 0 Å². The maximum Gasteiger partial charge on any atom is 0.435 e. The fourth-order valence-electron chi connectivity index (χ4n) is 3.42. The van der Waals surface area contributed by atoms with E-state index in [9.17, 15) is 28.1 Å². The summed E-state index contributed by atoms with van der Waals surface area (Å²) in [4.78, 5) is 22.6. The van der Waals surface area contributed by atoms with Gasteiger partial charge in [0.15, 0.2) is 11.5 Å². The predicted octanol–water partition coefficient (Wildman–Crippen LogP) is 5.33. The number of nitrogens with one attached hydrogen (secondary N) is 1. The van der Waals surface area contributed by atoms with Gasteiger partial charge >= 0.3 is 6.18 Å². The molecule has 1 aliphatic rings. The number of aryl methyl sites for hydroxylation is 1. The standard InChI is InChI=1S/C22H20ClF3N4O5/c23-16-6-4-14(30(32)33)10-19(16)34-12-15-5-7-18(35-15)21(31)27-8-1-9-29-17(13-2-3-13)11-20(28-29)22(24,25)26/h4-7,10-11,13H,1-3,8-9,12H2,(H,27,31). The van der Waals surface area contributed by atoms with E-state index in [2.05, 4.69) is 10.4 Å². The third-order valence-corrected chi connectivity index (χ3v) is 5.62. The van der Waals surface area contributed by atoms with Crippen LogP contribution in [0.4, 0.5) is 18.9 Å². The normalized spacial score (nSPS) is 13.6. The van der Waals surface area contributed by atoms with Crippen molar-refractivity contribution in [3.8, 4) is 5.75 Å². The summed E-state index contributed by atoms with van der Waals surface area (Å²) in [5.41, 5.74) is -0.513. The number of nitrogens with zero attached hydrogens (tertiary/aromatic N) is 3. The number of non-ortho nitro benzene ring substituents is 1. The highest BCUT2D eigenvalue weighted by Crippen LogP contribution is 2.42. The van der Waals surface area contributed by atoms with Crippen molar-refractivity contribution in [1.29, 1.82) is 0 Å². The molecule has 1 amide bonds. The van der Waals surface area contributed by atoms with Gasteiger partial charge in [0.05, 0.1) is 16.0 Å². The summed E-state index contributed by atoms with van der Waals surface area (Å²) in [5.74, 6) is 0.0207. The second-order valence-corrected chi connectivity index (χ2v) is 8.39. The molecule has 0 atom stereocenters. The number of carbonyl (C=O) groups is 1. The van der Waals surface area contributed by atoms with Gasteiger partial charge in [-0.1, -0.05) is 11.6 Å². The molecule has 1 fully saturated rings. The number of hydrogen-bond donors (Lipinski definition) is 1. The van der Waals surface area contributed by atoms with Crippen LogP contribution >= 0.6 is 11.6 Å². The van der Waals surface area contributed by atoms with Crippen LogP contribution in [0.25, 0.3) is 0 Å². The van der Waals surface area contributed by atoms with Crippen LogP contribution in [0.2, 0.25) is 5.02 Å². The molecule has 2 heterocycles. The zero-order valence-electron chi connectivity index (χ0n) is 18.2. The van der Waals surface area contributed by atoms with Crippen molar-refractivity contribution < 1.29 is 32.0 Å². The molecule has 1 saturated carbocycles. The number of furan rings is 1. The minimum absolute atomic E-state index is 0.0193. The topological polar surface area (TPSA) is 112 Å². The number of rotatable bonds is 10. The van der Waals surface area contributed by atoms with Crippen LogP contribution in [-0.4, -0.2) is 27.2 Å². The Kier molecular flexibility index (Phi) is 7.01. The molecule has 0 spiro atoms. The maximum absolute atomic E-state index is 13.0. The predicted molar refractivity (Wildman–Crippen MR) is 117 cm³/mol. The first-order valence-corrected chi connectivity index (χ1v) is 11.1. The summed E-state index contributed by atoms with van der Waals surface area (Å²) in [7, 11) is 0. The zero-order valence-corrected chi connectivity index (χ0v) is 18.9. The smallest absolute Gasteiger partial charge is 0.435 e. The first-order chi connectivity index (χ1) is 16.6. The van der Waals surface area contributed by atoms with E-state index in [0.29, 0.717) is 17.9 Å². The van der Waals surface area contributed by atoms with Gasteiger partial charge in [-0.25, -0.2) is 0 Å². The second kappa shape index (κ2) is 9.98. The van der Waals surface area contributed by atoms with Gasteiger partial charge in [0, 0.05) is 30.8 Å². The molecular weight excluding hydrogens is 493 g/mol. The van der Waals surface area contributed by atoms with Crippen molar-refractivity contribution in [2.45, 2.75) is 44.5 Å². The Balaban J connectivity index is 1.27. The molecular formula is C22H20ClF3N4O5. The van der Waals surface area contributed by atoms with E-state index in [0.717, 1.165) is 18.9 Å². The maximum atomic E-state index is 13.0. The van der Waals surface area contributed by atoms with E-state index in [1.807, 2.05) is 0 Å². The summed E-state index contributed by atoms with van der Waals surface area (Å²) in [6.07, 6.45) is -2.42. The minimum atomic E-state index is -4.50. The van der Waals surface area contributed by atoms with E-state index in [4.69, 9.17) is 20.8 Å². The molecule has 0 saturated heterocycles. The molecule has 35 heavy (non-hydrogen) atoms. The third kappa shape index (κ3) is 6.13. The van der Waals surface area contributed by atoms with Crippen LogP contribution in [-0.2, 0) is 19.3 Å². The molecule has 0 bridgehead atoms. The summed E-state index contributed by atoms with van der Waals surface area (Å²) < 4.78 is 51.2. The number of carbonyl (C=O) groups excluding carboxylic acids is 1. The molecule has 0 radical (unpaired) electrons. The van der Waals surface area contributed by atoms with Crippen molar-refractivity contribution in [2.24, 2.45) is 0 Å². The highest BCUT2D eigenvalue weighted by Gasteiger charge is 2.37. The van der Waals surface area contributed by atoms with Gasteiger partial charge in [0.25, 0.3) is 11.6 Å². The van der Waals surface area contributed by atoms with E-state index in [1.165, 1.54) is 35.0 Å². The van der Waals surface area contributed by atoms with Crippen LogP contribution in [0, 0.1) is 10.1 Å². The Bertz CT molecular complexity index is 1240. The first kappa shape index (κ1) is 24.6.